The summed E-state index contributed by atoms with van der Waals surface area (Å²) in [7, 11) is 0. The highest BCUT2D eigenvalue weighted by Crippen LogP contribution is 2.29. The molecular weight excluding hydrogens is 415 g/mol. The smallest absolute Gasteiger partial charge is 0.264 e. The zero-order valence-corrected chi connectivity index (χ0v) is 16.5. The number of anilines is 1. The third-order valence-electron chi connectivity index (χ3n) is 3.14. The van der Waals surface area contributed by atoms with E-state index in [0.29, 0.717) is 31.8 Å². The SMILES string of the molecule is CC(=O)Nc1ncc(/C=C2\SC(=NCc3ccc(Cl)cc3Cl)NC2=O)s1. The predicted molar refractivity (Wildman–Crippen MR) is 108 cm³/mol. The van der Waals surface area contributed by atoms with Gasteiger partial charge in [-0.05, 0) is 35.5 Å². The first-order chi connectivity index (χ1) is 12.4. The van der Waals surface area contributed by atoms with Crippen molar-refractivity contribution in [3.63, 3.8) is 0 Å². The number of hydrogen-bond acceptors (Lipinski definition) is 6. The van der Waals surface area contributed by atoms with Crippen molar-refractivity contribution in [2.45, 2.75) is 13.5 Å². The van der Waals surface area contributed by atoms with E-state index in [1.54, 1.807) is 30.5 Å². The molecule has 0 radical (unpaired) electrons. The van der Waals surface area contributed by atoms with Gasteiger partial charge in [0.05, 0.1) is 16.3 Å². The number of hydrogen-bond donors (Lipinski definition) is 2. The molecule has 2 amide bonds. The number of nitrogens with one attached hydrogen (secondary N) is 2. The Bertz CT molecular complexity index is 940. The standard InChI is InChI=1S/C16H12Cl2N4O2S2/c1-8(23)21-15-20-7-11(25-15)5-13-14(24)22-16(26-13)19-6-9-2-3-10(17)4-12(9)18/h2-5,7H,6H2,1H3,(H,19,22,24)(H,20,21,23)/b13-5-. The lowest BCUT2D eigenvalue weighted by atomic mass is 10.2. The molecule has 6 nitrogen and oxygen atoms in total. The molecule has 1 aliphatic rings. The average Bonchev–Trinajstić information content (AvgIpc) is 3.13. The van der Waals surface area contributed by atoms with Gasteiger partial charge < -0.3 is 10.6 Å². The topological polar surface area (TPSA) is 83.4 Å². The molecule has 2 heterocycles. The second kappa shape index (κ2) is 8.22. The maximum atomic E-state index is 12.1. The lowest BCUT2D eigenvalue weighted by Gasteiger charge is -2.01. The molecule has 3 rings (SSSR count). The predicted octanol–water partition coefficient (Wildman–Crippen LogP) is 4.17. The second-order valence-corrected chi connectivity index (χ2v) is 8.11. The molecule has 0 aliphatic carbocycles. The number of carbonyl (C=O) groups is 2. The fraction of sp³-hybridized carbons (Fsp3) is 0.125. The fourth-order valence-corrected chi connectivity index (χ4v) is 4.16. The van der Waals surface area contributed by atoms with E-state index < -0.39 is 0 Å². The number of nitrogens with zero attached hydrogens (tertiary/aromatic N) is 2. The van der Waals surface area contributed by atoms with Crippen LogP contribution in [0.3, 0.4) is 0 Å². The Labute approximate surface area is 167 Å². The van der Waals surface area contributed by atoms with Gasteiger partial charge >= 0.3 is 0 Å². The van der Waals surface area contributed by atoms with Gasteiger partial charge in [-0.3, -0.25) is 14.6 Å². The van der Waals surface area contributed by atoms with Crippen LogP contribution >= 0.6 is 46.3 Å². The first-order valence-electron chi connectivity index (χ1n) is 7.33. The molecule has 0 spiro atoms. The number of carbonyl (C=O) groups excluding carboxylic acids is 2. The van der Waals surface area contributed by atoms with Crippen LogP contribution in [0.25, 0.3) is 6.08 Å². The normalized spacial score (nSPS) is 17.0. The Morgan fingerprint density at radius 1 is 1.42 bits per heavy atom. The van der Waals surface area contributed by atoms with Crippen LogP contribution in [0, 0.1) is 0 Å². The van der Waals surface area contributed by atoms with Crippen molar-refractivity contribution in [3.05, 3.63) is 49.8 Å². The Morgan fingerprint density at radius 3 is 2.96 bits per heavy atom. The van der Waals surface area contributed by atoms with Gasteiger partial charge in [0.2, 0.25) is 5.91 Å². The molecule has 0 unspecified atom stereocenters. The Kier molecular flexibility index (Phi) is 5.98. The van der Waals surface area contributed by atoms with E-state index in [1.165, 1.54) is 30.0 Å². The van der Waals surface area contributed by atoms with Crippen LogP contribution in [-0.4, -0.2) is 22.0 Å². The first-order valence-corrected chi connectivity index (χ1v) is 9.72. The summed E-state index contributed by atoms with van der Waals surface area (Å²) < 4.78 is 0. The molecule has 0 atom stereocenters. The van der Waals surface area contributed by atoms with Gasteiger partial charge in [0.15, 0.2) is 10.3 Å². The van der Waals surface area contributed by atoms with Crippen LogP contribution in [0.15, 0.2) is 34.3 Å². The summed E-state index contributed by atoms with van der Waals surface area (Å²) in [5.41, 5.74) is 0.818. The third kappa shape index (κ3) is 4.85. The molecule has 2 N–H and O–H groups in total. The molecule has 0 saturated carbocycles. The van der Waals surface area contributed by atoms with Gasteiger partial charge in [-0.2, -0.15) is 0 Å². The zero-order chi connectivity index (χ0) is 18.7. The highest BCUT2D eigenvalue weighted by atomic mass is 35.5. The van der Waals surface area contributed by atoms with E-state index in [2.05, 4.69) is 20.6 Å². The molecule has 1 aromatic carbocycles. The quantitative estimate of drug-likeness (QED) is 0.718. The monoisotopic (exact) mass is 426 g/mol. The van der Waals surface area contributed by atoms with E-state index in [4.69, 9.17) is 23.2 Å². The summed E-state index contributed by atoms with van der Waals surface area (Å²) in [6.45, 7) is 1.74. The lowest BCUT2D eigenvalue weighted by molar-refractivity contribution is -0.115. The van der Waals surface area contributed by atoms with Crippen molar-refractivity contribution in [1.82, 2.24) is 10.3 Å². The fourth-order valence-electron chi connectivity index (χ4n) is 2.00. The molecule has 1 aromatic heterocycles. The number of aliphatic imine (C=N–C) groups is 1. The molecule has 2 aromatic rings. The number of thioether (sulfide) groups is 1. The number of aromatic nitrogens is 1. The second-order valence-electron chi connectivity index (χ2n) is 5.17. The summed E-state index contributed by atoms with van der Waals surface area (Å²) >= 11 is 14.5. The summed E-state index contributed by atoms with van der Waals surface area (Å²) in [5.74, 6) is -0.424. The number of benzene rings is 1. The zero-order valence-electron chi connectivity index (χ0n) is 13.4. The van der Waals surface area contributed by atoms with Crippen LogP contribution in [0.1, 0.15) is 17.4 Å². The average molecular weight is 427 g/mol. The van der Waals surface area contributed by atoms with E-state index in [9.17, 15) is 9.59 Å². The molecule has 0 bridgehead atoms. The van der Waals surface area contributed by atoms with Crippen molar-refractivity contribution >= 4 is 74.5 Å². The molecule has 26 heavy (non-hydrogen) atoms. The van der Waals surface area contributed by atoms with Gasteiger partial charge in [-0.25, -0.2) is 4.98 Å². The third-order valence-corrected chi connectivity index (χ3v) is 5.53. The molecular formula is C16H12Cl2N4O2S2. The van der Waals surface area contributed by atoms with Crippen molar-refractivity contribution in [1.29, 1.82) is 0 Å². The van der Waals surface area contributed by atoms with Gasteiger partial charge in [0.1, 0.15) is 0 Å². The first kappa shape index (κ1) is 18.9. The van der Waals surface area contributed by atoms with Crippen molar-refractivity contribution < 1.29 is 9.59 Å². The van der Waals surface area contributed by atoms with Gasteiger partial charge in [-0.1, -0.05) is 40.6 Å². The van der Waals surface area contributed by atoms with E-state index >= 15 is 0 Å². The van der Waals surface area contributed by atoms with Crippen LogP contribution in [-0.2, 0) is 16.1 Å². The van der Waals surface area contributed by atoms with E-state index in [0.717, 1.165) is 10.4 Å². The number of amidine groups is 1. The van der Waals surface area contributed by atoms with Crippen molar-refractivity contribution in [3.8, 4) is 0 Å². The maximum absolute atomic E-state index is 12.1. The van der Waals surface area contributed by atoms with Crippen LogP contribution in [0.5, 0.6) is 0 Å². The highest BCUT2D eigenvalue weighted by molar-refractivity contribution is 8.18. The highest BCUT2D eigenvalue weighted by Gasteiger charge is 2.24. The Morgan fingerprint density at radius 2 is 2.23 bits per heavy atom. The summed E-state index contributed by atoms with van der Waals surface area (Å²) in [6, 6.07) is 5.19. The molecule has 134 valence electrons. The maximum Gasteiger partial charge on any atom is 0.264 e. The Balaban J connectivity index is 1.69. The number of halogens is 2. The Hall–Kier alpha value is -1.87. The van der Waals surface area contributed by atoms with Gasteiger partial charge in [0.25, 0.3) is 5.91 Å². The minimum Gasteiger partial charge on any atom is -0.302 e. The van der Waals surface area contributed by atoms with E-state index in [-0.39, 0.29) is 11.8 Å². The number of rotatable bonds is 4. The number of amides is 2. The van der Waals surface area contributed by atoms with Gasteiger partial charge in [-0.15, -0.1) is 0 Å². The van der Waals surface area contributed by atoms with Crippen LogP contribution in [0.2, 0.25) is 10.0 Å². The molecule has 1 fully saturated rings. The molecule has 10 heteroatoms. The van der Waals surface area contributed by atoms with Crippen molar-refractivity contribution in [2.75, 3.05) is 5.32 Å². The molecule has 1 saturated heterocycles. The minimum absolute atomic E-state index is 0.193. The van der Waals surface area contributed by atoms with E-state index in [1.807, 2.05) is 0 Å². The minimum atomic E-state index is -0.231. The molecule has 1 aliphatic heterocycles. The number of thiazole rings is 1. The summed E-state index contributed by atoms with van der Waals surface area (Å²) in [5, 5.41) is 7.39. The van der Waals surface area contributed by atoms with Crippen LogP contribution in [0.4, 0.5) is 5.13 Å². The summed E-state index contributed by atoms with van der Waals surface area (Å²) in [6.07, 6.45) is 3.31. The van der Waals surface area contributed by atoms with Crippen LogP contribution < -0.4 is 10.6 Å². The largest absolute Gasteiger partial charge is 0.302 e. The van der Waals surface area contributed by atoms with Crippen molar-refractivity contribution in [2.24, 2.45) is 4.99 Å². The summed E-state index contributed by atoms with van der Waals surface area (Å²) in [4.78, 5) is 32.8. The van der Waals surface area contributed by atoms with Gasteiger partial charge in [0, 0.05) is 23.2 Å². The lowest BCUT2D eigenvalue weighted by Crippen LogP contribution is -2.19.